The van der Waals surface area contributed by atoms with E-state index < -0.39 is 0 Å². The fraction of sp³-hybridized carbons (Fsp3) is 0.157. The molecule has 61 heavy (non-hydrogen) atoms. The molecule has 0 fully saturated rings. The van der Waals surface area contributed by atoms with E-state index in [9.17, 15) is 0 Å². The van der Waals surface area contributed by atoms with Crippen LogP contribution in [0.25, 0.3) is 75.2 Å². The predicted octanol–water partition coefficient (Wildman–Crippen LogP) is 18.1. The van der Waals surface area contributed by atoms with Gasteiger partial charge in [0.15, 0.2) is 5.71 Å². The van der Waals surface area contributed by atoms with Crippen molar-refractivity contribution >= 4 is 183 Å². The summed E-state index contributed by atoms with van der Waals surface area (Å²) < 4.78 is 24.5. The van der Waals surface area contributed by atoms with E-state index in [1.807, 2.05) is 90.7 Å². The van der Waals surface area contributed by atoms with Crippen LogP contribution >= 0.6 is 90.7 Å². The zero-order valence-electron chi connectivity index (χ0n) is 34.3. The molecule has 2 nitrogen and oxygen atoms in total. The van der Waals surface area contributed by atoms with E-state index in [2.05, 4.69) is 179 Å². The van der Waals surface area contributed by atoms with Gasteiger partial charge in [-0.15, -0.1) is 90.7 Å². The van der Waals surface area contributed by atoms with Crippen molar-refractivity contribution in [2.45, 2.75) is 38.5 Å². The van der Waals surface area contributed by atoms with Crippen molar-refractivity contribution in [3.8, 4) is 0 Å². The average molecular weight is 936 g/mol. The molecule has 0 saturated heterocycles. The number of hydrogen-bond acceptors (Lipinski definition) is 9. The van der Waals surface area contributed by atoms with Gasteiger partial charge in [0.1, 0.15) is 11.7 Å². The Morgan fingerprint density at radius 2 is 0.820 bits per heavy atom. The maximum absolute atomic E-state index is 2.49. The van der Waals surface area contributed by atoms with Crippen LogP contribution in [-0.2, 0) is 10.8 Å². The van der Waals surface area contributed by atoms with E-state index in [1.54, 1.807) is 0 Å². The Morgan fingerprint density at radius 3 is 1.30 bits per heavy atom. The maximum Gasteiger partial charge on any atom is 0.229 e. The fourth-order valence-corrected chi connectivity index (χ4v) is 20.5. The van der Waals surface area contributed by atoms with E-state index in [0.717, 1.165) is 0 Å². The number of nitrogens with zero attached hydrogens (tertiary/aromatic N) is 2. The van der Waals surface area contributed by atoms with E-state index >= 15 is 0 Å². The van der Waals surface area contributed by atoms with Crippen molar-refractivity contribution in [2.75, 3.05) is 19.0 Å². The standard InChI is InChI=1S/C51H39N2S8/c1-50(2)36(52(5)40-38(50)42-46(58-32-22-14-10-18-28(32)54-42)48-44(40)56-30-20-12-16-24-34(30)60-48)26-8-7-9-27-37-51(3,4)39-41(53(37)6)45-49(61-35-25-17-13-21-31(35)57-45)47-43(39)55-29-19-11-15-23-33(29)59-47/h7-27H,1-6H3/q+1. The van der Waals surface area contributed by atoms with Gasteiger partial charge in [-0.3, -0.25) is 0 Å². The maximum atomic E-state index is 2.49. The van der Waals surface area contributed by atoms with Gasteiger partial charge in [0.05, 0.1) is 49.6 Å². The van der Waals surface area contributed by atoms with Crippen molar-refractivity contribution in [1.82, 2.24) is 0 Å². The molecule has 6 heterocycles. The number of hydrogen-bond donors (Lipinski definition) is 0. The number of anilines is 1. The van der Waals surface area contributed by atoms with Gasteiger partial charge in [-0.25, -0.2) is 0 Å². The van der Waals surface area contributed by atoms with Gasteiger partial charge in [0.25, 0.3) is 0 Å². The summed E-state index contributed by atoms with van der Waals surface area (Å²) in [5, 5.41) is 0. The number of likely N-dealkylation sites (N-methyl/N-ethyl adjacent to an activating group) is 1. The highest BCUT2D eigenvalue weighted by Crippen LogP contribution is 2.59. The second-order valence-corrected chi connectivity index (χ2v) is 25.2. The topological polar surface area (TPSA) is 6.25 Å². The SMILES string of the molecule is CN1/C(=C/C=C/C=C/C2=[N+](C)c3c(c4sc5ccccc5sc4c4sc5ccccc5sc34)C2(C)C)C(C)(C)c2c1c1sc3ccccc3sc1c1sc3ccccc3sc21. The minimum absolute atomic E-state index is 0.190. The average Bonchev–Trinajstić information content (AvgIpc) is 3.60. The molecule has 0 bridgehead atoms. The third kappa shape index (κ3) is 5.73. The quantitative estimate of drug-likeness (QED) is 0.0740. The smallest absolute Gasteiger partial charge is 0.229 e. The lowest BCUT2D eigenvalue weighted by Crippen LogP contribution is -2.26. The summed E-state index contributed by atoms with van der Waals surface area (Å²) in [6.07, 6.45) is 11.5. The van der Waals surface area contributed by atoms with Gasteiger partial charge in [-0.2, -0.15) is 4.58 Å². The third-order valence-electron chi connectivity index (χ3n) is 12.3. The first kappa shape index (κ1) is 38.4. The minimum atomic E-state index is -0.190. The van der Waals surface area contributed by atoms with Crippen molar-refractivity contribution < 1.29 is 4.58 Å². The molecule has 10 heteroatoms. The third-order valence-corrected chi connectivity index (χ3v) is 23.1. The Morgan fingerprint density at radius 1 is 0.443 bits per heavy atom. The first-order chi connectivity index (χ1) is 29.6. The second-order valence-electron chi connectivity index (χ2n) is 16.7. The van der Waals surface area contributed by atoms with Gasteiger partial charge in [-0.1, -0.05) is 80.6 Å². The molecule has 0 saturated carbocycles. The highest BCUT2D eigenvalue weighted by atomic mass is 32.1. The van der Waals surface area contributed by atoms with Gasteiger partial charge in [0.2, 0.25) is 5.69 Å². The molecule has 300 valence electrons. The van der Waals surface area contributed by atoms with Crippen LogP contribution in [0.4, 0.5) is 11.4 Å². The Bertz CT molecular complexity index is 3750. The summed E-state index contributed by atoms with van der Waals surface area (Å²) in [5.41, 5.74) is 7.87. The first-order valence-electron chi connectivity index (χ1n) is 20.3. The number of benzene rings is 6. The summed E-state index contributed by atoms with van der Waals surface area (Å²) >= 11 is 15.6. The summed E-state index contributed by atoms with van der Waals surface area (Å²) in [6, 6.07) is 35.6. The van der Waals surface area contributed by atoms with Gasteiger partial charge in [0, 0.05) is 67.4 Å². The Labute approximate surface area is 385 Å². The number of fused-ring (bicyclic) bond motifs is 16. The van der Waals surface area contributed by atoms with Crippen molar-refractivity contribution in [3.05, 3.63) is 144 Å². The van der Waals surface area contributed by atoms with E-state index in [0.29, 0.717) is 0 Å². The molecule has 0 N–H and O–H groups in total. The first-order valence-corrected chi connectivity index (χ1v) is 26.8. The molecule has 12 rings (SSSR count). The fourth-order valence-electron chi connectivity index (χ4n) is 9.54. The zero-order chi connectivity index (χ0) is 41.4. The molecule has 2 aliphatic rings. The Balaban J connectivity index is 0.977. The van der Waals surface area contributed by atoms with Crippen LogP contribution < -0.4 is 4.90 Å². The lowest BCUT2D eigenvalue weighted by atomic mass is 9.81. The molecule has 4 aromatic heterocycles. The number of allylic oxidation sites excluding steroid dienone is 6. The molecule has 0 atom stereocenters. The van der Waals surface area contributed by atoms with Crippen LogP contribution in [0.2, 0.25) is 0 Å². The Kier molecular flexibility index (Phi) is 8.91. The van der Waals surface area contributed by atoms with Gasteiger partial charge >= 0.3 is 0 Å². The van der Waals surface area contributed by atoms with E-state index in [1.165, 1.54) is 109 Å². The van der Waals surface area contributed by atoms with Crippen LogP contribution in [0.15, 0.2) is 133 Å². The van der Waals surface area contributed by atoms with Gasteiger partial charge < -0.3 is 4.90 Å². The monoisotopic (exact) mass is 935 g/mol. The molecular formula is C51H39N2S8+. The van der Waals surface area contributed by atoms with E-state index in [-0.39, 0.29) is 10.8 Å². The van der Waals surface area contributed by atoms with Crippen molar-refractivity contribution in [1.29, 1.82) is 0 Å². The molecule has 0 radical (unpaired) electrons. The zero-order valence-corrected chi connectivity index (χ0v) is 40.8. The molecule has 6 aromatic carbocycles. The molecule has 0 aliphatic carbocycles. The van der Waals surface area contributed by atoms with Crippen molar-refractivity contribution in [3.63, 3.8) is 0 Å². The summed E-state index contributed by atoms with van der Waals surface area (Å²) in [5.74, 6) is 0. The van der Waals surface area contributed by atoms with Gasteiger partial charge in [-0.05, 0) is 68.5 Å². The van der Waals surface area contributed by atoms with Crippen LogP contribution in [0, 0.1) is 0 Å². The summed E-state index contributed by atoms with van der Waals surface area (Å²) in [7, 11) is 4.56. The molecule has 2 aliphatic heterocycles. The minimum Gasteiger partial charge on any atom is -0.346 e. The molecule has 10 aromatic rings. The summed E-state index contributed by atoms with van der Waals surface area (Å²) in [6.45, 7) is 9.69. The predicted molar refractivity (Wildman–Crippen MR) is 283 cm³/mol. The number of rotatable bonds is 3. The highest BCUT2D eigenvalue weighted by molar-refractivity contribution is 7.43. The molecule has 0 unspecified atom stereocenters. The normalized spacial score (nSPS) is 16.8. The van der Waals surface area contributed by atoms with E-state index in [4.69, 9.17) is 0 Å². The molecule has 0 spiro atoms. The second kappa shape index (κ2) is 14.1. The van der Waals surface area contributed by atoms with Crippen LogP contribution in [-0.4, -0.2) is 24.4 Å². The largest absolute Gasteiger partial charge is 0.346 e. The lowest BCUT2D eigenvalue weighted by Gasteiger charge is -2.24. The molecule has 0 amide bonds. The Hall–Kier alpha value is -4.23. The molecular weight excluding hydrogens is 897 g/mol. The van der Waals surface area contributed by atoms with Crippen LogP contribution in [0.1, 0.15) is 38.8 Å². The van der Waals surface area contributed by atoms with Crippen LogP contribution in [0.3, 0.4) is 0 Å². The van der Waals surface area contributed by atoms with Crippen molar-refractivity contribution in [2.24, 2.45) is 0 Å². The van der Waals surface area contributed by atoms with Crippen LogP contribution in [0.5, 0.6) is 0 Å². The lowest BCUT2D eigenvalue weighted by molar-refractivity contribution is -0.399. The highest BCUT2D eigenvalue weighted by Gasteiger charge is 2.47. The summed E-state index contributed by atoms with van der Waals surface area (Å²) in [4.78, 5) is 2.49.